The Labute approximate surface area is 176 Å². The molecule has 1 heterocycles. The molecule has 0 saturated heterocycles. The van der Waals surface area contributed by atoms with Crippen molar-refractivity contribution in [1.82, 2.24) is 20.6 Å². The SMILES string of the molecule is CCOc1ccc(C(=O)NCC(=O)NC(CC(C)C)c2nc3ccccc3[nH]2)cc1. The largest absolute Gasteiger partial charge is 0.494 e. The number of nitrogens with zero attached hydrogens (tertiary/aromatic N) is 1. The smallest absolute Gasteiger partial charge is 0.251 e. The number of nitrogens with one attached hydrogen (secondary N) is 3. The summed E-state index contributed by atoms with van der Waals surface area (Å²) in [5, 5.41) is 5.66. The molecule has 7 heteroatoms. The summed E-state index contributed by atoms with van der Waals surface area (Å²) in [4.78, 5) is 32.7. The fourth-order valence-electron chi connectivity index (χ4n) is 3.23. The standard InChI is InChI=1S/C23H28N4O3/c1-4-30-17-11-9-16(10-12-17)23(29)24-14-21(28)25-20(13-15(2)3)22-26-18-7-5-6-8-19(18)27-22/h5-12,15,20H,4,13-14H2,1-3H3,(H,24,29)(H,25,28)(H,26,27). The van der Waals surface area contributed by atoms with E-state index in [0.717, 1.165) is 23.3 Å². The fourth-order valence-corrected chi connectivity index (χ4v) is 3.23. The molecule has 3 N–H and O–H groups in total. The van der Waals surface area contributed by atoms with Crippen LogP contribution in [-0.2, 0) is 4.79 Å². The third-order valence-corrected chi connectivity index (χ3v) is 4.62. The van der Waals surface area contributed by atoms with Crippen LogP contribution in [0.4, 0.5) is 0 Å². The first-order chi connectivity index (χ1) is 14.5. The highest BCUT2D eigenvalue weighted by Crippen LogP contribution is 2.21. The minimum atomic E-state index is -0.308. The number of amides is 2. The van der Waals surface area contributed by atoms with Crippen LogP contribution in [0.5, 0.6) is 5.75 Å². The second kappa shape index (κ2) is 9.91. The van der Waals surface area contributed by atoms with Gasteiger partial charge in [0.05, 0.1) is 30.2 Å². The number of aromatic nitrogens is 2. The van der Waals surface area contributed by atoms with Gasteiger partial charge in [0.2, 0.25) is 5.91 Å². The first-order valence-electron chi connectivity index (χ1n) is 10.2. The van der Waals surface area contributed by atoms with Gasteiger partial charge in [0.1, 0.15) is 11.6 Å². The Kier molecular flexibility index (Phi) is 7.06. The van der Waals surface area contributed by atoms with Gasteiger partial charge in [-0.05, 0) is 55.7 Å². The highest BCUT2D eigenvalue weighted by molar-refractivity contribution is 5.96. The second-order valence-corrected chi connectivity index (χ2v) is 7.53. The third kappa shape index (κ3) is 5.59. The quantitative estimate of drug-likeness (QED) is 0.504. The number of carbonyl (C=O) groups excluding carboxylic acids is 2. The number of imidazole rings is 1. The van der Waals surface area contributed by atoms with E-state index in [-0.39, 0.29) is 24.4 Å². The van der Waals surface area contributed by atoms with Gasteiger partial charge in [-0.15, -0.1) is 0 Å². The first kappa shape index (κ1) is 21.4. The van der Waals surface area contributed by atoms with E-state index in [1.54, 1.807) is 24.3 Å². The number of hydrogen-bond donors (Lipinski definition) is 3. The molecular weight excluding hydrogens is 380 g/mol. The van der Waals surface area contributed by atoms with Crippen molar-refractivity contribution >= 4 is 22.8 Å². The molecule has 0 saturated carbocycles. The van der Waals surface area contributed by atoms with Crippen LogP contribution in [0.2, 0.25) is 0 Å². The lowest BCUT2D eigenvalue weighted by molar-refractivity contribution is -0.121. The van der Waals surface area contributed by atoms with E-state index in [0.29, 0.717) is 23.8 Å². The number of hydrogen-bond acceptors (Lipinski definition) is 4. The zero-order valence-electron chi connectivity index (χ0n) is 17.6. The molecule has 1 unspecified atom stereocenters. The highest BCUT2D eigenvalue weighted by Gasteiger charge is 2.20. The number of aromatic amines is 1. The van der Waals surface area contributed by atoms with Crippen molar-refractivity contribution in [2.75, 3.05) is 13.2 Å². The van der Waals surface area contributed by atoms with Crippen molar-refractivity contribution in [3.63, 3.8) is 0 Å². The molecule has 3 rings (SSSR count). The Morgan fingerprint density at radius 1 is 1.10 bits per heavy atom. The van der Waals surface area contributed by atoms with Crippen molar-refractivity contribution < 1.29 is 14.3 Å². The van der Waals surface area contributed by atoms with Gasteiger partial charge >= 0.3 is 0 Å². The van der Waals surface area contributed by atoms with Gasteiger partial charge in [-0.25, -0.2) is 4.98 Å². The number of rotatable bonds is 9. The predicted molar refractivity (Wildman–Crippen MR) is 116 cm³/mol. The van der Waals surface area contributed by atoms with Gasteiger partial charge < -0.3 is 20.4 Å². The van der Waals surface area contributed by atoms with Crippen LogP contribution in [0, 0.1) is 5.92 Å². The summed E-state index contributed by atoms with van der Waals surface area (Å²) < 4.78 is 5.37. The molecule has 0 bridgehead atoms. The molecule has 7 nitrogen and oxygen atoms in total. The zero-order chi connectivity index (χ0) is 21.5. The van der Waals surface area contributed by atoms with E-state index in [9.17, 15) is 9.59 Å². The van der Waals surface area contributed by atoms with Gasteiger partial charge in [0.15, 0.2) is 0 Å². The molecule has 0 fully saturated rings. The summed E-state index contributed by atoms with van der Waals surface area (Å²) in [6.07, 6.45) is 0.735. The van der Waals surface area contributed by atoms with E-state index in [4.69, 9.17) is 4.74 Å². The Hall–Kier alpha value is -3.35. The lowest BCUT2D eigenvalue weighted by Gasteiger charge is -2.19. The number of fused-ring (bicyclic) bond motifs is 1. The molecule has 1 aromatic heterocycles. The summed E-state index contributed by atoms with van der Waals surface area (Å²) in [7, 11) is 0. The molecule has 2 aromatic carbocycles. The number of H-pyrrole nitrogens is 1. The molecule has 0 aliphatic rings. The molecular formula is C23H28N4O3. The summed E-state index contributed by atoms with van der Waals surface area (Å²) in [6, 6.07) is 14.3. The third-order valence-electron chi connectivity index (χ3n) is 4.62. The van der Waals surface area contributed by atoms with Crippen molar-refractivity contribution in [1.29, 1.82) is 0 Å². The molecule has 0 spiro atoms. The second-order valence-electron chi connectivity index (χ2n) is 7.53. The lowest BCUT2D eigenvalue weighted by atomic mass is 10.0. The monoisotopic (exact) mass is 408 g/mol. The van der Waals surface area contributed by atoms with Crippen LogP contribution in [0.25, 0.3) is 11.0 Å². The molecule has 2 amide bonds. The molecule has 1 atom stereocenters. The van der Waals surface area contributed by atoms with Crippen LogP contribution in [-0.4, -0.2) is 34.9 Å². The number of para-hydroxylation sites is 2. The maximum Gasteiger partial charge on any atom is 0.251 e. The maximum absolute atomic E-state index is 12.5. The van der Waals surface area contributed by atoms with Gasteiger partial charge in [-0.2, -0.15) is 0 Å². The summed E-state index contributed by atoms with van der Waals surface area (Å²) >= 11 is 0. The van der Waals surface area contributed by atoms with E-state index < -0.39 is 0 Å². The van der Waals surface area contributed by atoms with Crippen LogP contribution in [0.3, 0.4) is 0 Å². The Balaban J connectivity index is 1.60. The fraction of sp³-hybridized carbons (Fsp3) is 0.348. The summed E-state index contributed by atoms with van der Waals surface area (Å²) in [5.41, 5.74) is 2.26. The van der Waals surface area contributed by atoms with Crippen molar-refractivity contribution in [2.45, 2.75) is 33.2 Å². The lowest BCUT2D eigenvalue weighted by Crippen LogP contribution is -2.39. The van der Waals surface area contributed by atoms with Gasteiger partial charge in [-0.1, -0.05) is 26.0 Å². The van der Waals surface area contributed by atoms with E-state index in [1.807, 2.05) is 31.2 Å². The zero-order valence-corrected chi connectivity index (χ0v) is 17.6. The topological polar surface area (TPSA) is 96.1 Å². The van der Waals surface area contributed by atoms with E-state index >= 15 is 0 Å². The predicted octanol–water partition coefficient (Wildman–Crippen LogP) is 3.60. The molecule has 30 heavy (non-hydrogen) atoms. The van der Waals surface area contributed by atoms with Crippen LogP contribution in [0.1, 0.15) is 49.4 Å². The van der Waals surface area contributed by atoms with Crippen LogP contribution < -0.4 is 15.4 Å². The van der Waals surface area contributed by atoms with Gasteiger partial charge in [0.25, 0.3) is 5.91 Å². The summed E-state index contributed by atoms with van der Waals surface area (Å²) in [5.74, 6) is 1.21. The molecule has 0 radical (unpaired) electrons. The Morgan fingerprint density at radius 3 is 2.50 bits per heavy atom. The highest BCUT2D eigenvalue weighted by atomic mass is 16.5. The average Bonchev–Trinajstić information content (AvgIpc) is 3.16. The molecule has 0 aliphatic heterocycles. The molecule has 3 aromatic rings. The Morgan fingerprint density at radius 2 is 1.83 bits per heavy atom. The minimum absolute atomic E-state index is 0.110. The Bertz CT molecular complexity index is 962. The van der Waals surface area contributed by atoms with Crippen molar-refractivity contribution in [3.8, 4) is 5.75 Å². The number of ether oxygens (including phenoxy) is 1. The summed E-state index contributed by atoms with van der Waals surface area (Å²) in [6.45, 7) is 6.54. The molecule has 0 aliphatic carbocycles. The number of benzene rings is 2. The maximum atomic E-state index is 12.5. The van der Waals surface area contributed by atoms with Crippen molar-refractivity contribution in [3.05, 3.63) is 59.9 Å². The van der Waals surface area contributed by atoms with Crippen LogP contribution >= 0.6 is 0 Å². The van der Waals surface area contributed by atoms with Crippen molar-refractivity contribution in [2.24, 2.45) is 5.92 Å². The van der Waals surface area contributed by atoms with Gasteiger partial charge in [-0.3, -0.25) is 9.59 Å². The van der Waals surface area contributed by atoms with Gasteiger partial charge in [0, 0.05) is 5.56 Å². The van der Waals surface area contributed by atoms with E-state index in [1.165, 1.54) is 0 Å². The number of carbonyl (C=O) groups is 2. The average molecular weight is 409 g/mol. The molecule has 158 valence electrons. The van der Waals surface area contributed by atoms with E-state index in [2.05, 4.69) is 34.4 Å². The van der Waals surface area contributed by atoms with Crippen LogP contribution in [0.15, 0.2) is 48.5 Å². The first-order valence-corrected chi connectivity index (χ1v) is 10.2. The minimum Gasteiger partial charge on any atom is -0.494 e. The normalized spacial score (nSPS) is 12.0.